The van der Waals surface area contributed by atoms with Crippen molar-refractivity contribution in [2.45, 2.75) is 12.5 Å². The molecule has 3 rings (SSSR count). The van der Waals surface area contributed by atoms with Crippen LogP contribution in [0.3, 0.4) is 0 Å². The minimum absolute atomic E-state index is 0.0310. The molecule has 1 saturated heterocycles. The highest BCUT2D eigenvalue weighted by Crippen LogP contribution is 2.25. The van der Waals surface area contributed by atoms with Gasteiger partial charge in [-0.1, -0.05) is 36.4 Å². The van der Waals surface area contributed by atoms with Crippen molar-refractivity contribution < 1.29 is 4.79 Å². The van der Waals surface area contributed by atoms with E-state index < -0.39 is 5.54 Å². The van der Waals surface area contributed by atoms with E-state index in [4.69, 9.17) is 5.73 Å². The molecule has 1 heterocycles. The summed E-state index contributed by atoms with van der Waals surface area (Å²) in [6, 6.07) is 14.2. The molecule has 1 aliphatic heterocycles. The Labute approximate surface area is 161 Å². The molecule has 6 nitrogen and oxygen atoms in total. The SMILES string of the molecule is C[C@@](N)(C(=O)N1CCNCCNCCNCC1)c1ccc2ccccc2c1. The van der Waals surface area contributed by atoms with Crippen LogP contribution in [-0.2, 0) is 10.3 Å². The zero-order valence-corrected chi connectivity index (χ0v) is 16.1. The maximum atomic E-state index is 13.3. The molecule has 1 atom stereocenters. The standard InChI is InChI=1S/C21H31N5O/c1-21(22,19-7-6-17-4-2-3-5-18(17)16-19)20(27)26-14-12-24-10-8-23-9-11-25-13-15-26/h2-7,16,23-25H,8-15,22H2,1H3/t21-/m0/s1. The molecule has 0 aliphatic carbocycles. The molecule has 1 amide bonds. The average Bonchev–Trinajstić information content (AvgIpc) is 2.67. The lowest BCUT2D eigenvalue weighted by Gasteiger charge is -2.33. The Morgan fingerprint density at radius 1 is 0.889 bits per heavy atom. The zero-order chi connectivity index (χ0) is 19.1. The van der Waals surface area contributed by atoms with Crippen molar-refractivity contribution in [1.29, 1.82) is 0 Å². The summed E-state index contributed by atoms with van der Waals surface area (Å²) >= 11 is 0. The summed E-state index contributed by atoms with van der Waals surface area (Å²) in [7, 11) is 0. The maximum absolute atomic E-state index is 13.3. The van der Waals surface area contributed by atoms with Crippen molar-refractivity contribution in [3.05, 3.63) is 48.0 Å². The van der Waals surface area contributed by atoms with Gasteiger partial charge in [0.05, 0.1) is 0 Å². The predicted octanol–water partition coefficient (Wildman–Crippen LogP) is 0.625. The third-order valence-electron chi connectivity index (χ3n) is 5.15. The highest BCUT2D eigenvalue weighted by Gasteiger charge is 2.34. The van der Waals surface area contributed by atoms with Gasteiger partial charge in [-0.3, -0.25) is 4.79 Å². The molecular weight excluding hydrogens is 338 g/mol. The summed E-state index contributed by atoms with van der Waals surface area (Å²) in [4.78, 5) is 15.2. The number of hydrogen-bond donors (Lipinski definition) is 4. The molecule has 0 spiro atoms. The number of nitrogens with one attached hydrogen (secondary N) is 3. The molecule has 2 aromatic carbocycles. The van der Waals surface area contributed by atoms with Crippen LogP contribution in [0, 0.1) is 0 Å². The number of benzene rings is 2. The quantitative estimate of drug-likeness (QED) is 0.624. The molecular formula is C21H31N5O. The van der Waals surface area contributed by atoms with Gasteiger partial charge in [-0.2, -0.15) is 0 Å². The Hall–Kier alpha value is -1.99. The molecule has 0 aromatic heterocycles. The number of rotatable bonds is 2. The molecule has 146 valence electrons. The summed E-state index contributed by atoms with van der Waals surface area (Å²) < 4.78 is 0. The lowest BCUT2D eigenvalue weighted by atomic mass is 9.89. The van der Waals surface area contributed by atoms with E-state index in [0.29, 0.717) is 13.1 Å². The predicted molar refractivity (Wildman–Crippen MR) is 111 cm³/mol. The van der Waals surface area contributed by atoms with Crippen LogP contribution in [0.25, 0.3) is 10.8 Å². The number of carbonyl (C=O) groups excluding carboxylic acids is 1. The zero-order valence-electron chi connectivity index (χ0n) is 16.1. The minimum Gasteiger partial charge on any atom is -0.338 e. The topological polar surface area (TPSA) is 82.4 Å². The van der Waals surface area contributed by atoms with Gasteiger partial charge in [0.2, 0.25) is 5.91 Å². The number of amides is 1. The van der Waals surface area contributed by atoms with Crippen LogP contribution in [-0.4, -0.2) is 63.2 Å². The number of fused-ring (bicyclic) bond motifs is 1. The lowest BCUT2D eigenvalue weighted by molar-refractivity contribution is -0.136. The van der Waals surface area contributed by atoms with E-state index >= 15 is 0 Å². The van der Waals surface area contributed by atoms with Crippen LogP contribution in [0.5, 0.6) is 0 Å². The fraction of sp³-hybridized carbons (Fsp3) is 0.476. The Morgan fingerprint density at radius 2 is 1.44 bits per heavy atom. The Morgan fingerprint density at radius 3 is 2.07 bits per heavy atom. The minimum atomic E-state index is -1.05. The Kier molecular flexibility index (Phi) is 6.79. The normalized spacial score (nSPS) is 19.7. The molecule has 2 aromatic rings. The van der Waals surface area contributed by atoms with E-state index in [9.17, 15) is 4.79 Å². The Balaban J connectivity index is 1.76. The molecule has 1 aliphatic rings. The number of nitrogens with zero attached hydrogens (tertiary/aromatic N) is 1. The molecule has 0 bridgehead atoms. The third kappa shape index (κ3) is 5.05. The highest BCUT2D eigenvalue weighted by molar-refractivity contribution is 5.90. The fourth-order valence-corrected chi connectivity index (χ4v) is 3.44. The van der Waals surface area contributed by atoms with Gasteiger partial charge in [0.25, 0.3) is 0 Å². The van der Waals surface area contributed by atoms with Gasteiger partial charge in [0.1, 0.15) is 5.54 Å². The molecule has 0 saturated carbocycles. The number of hydrogen-bond acceptors (Lipinski definition) is 5. The van der Waals surface area contributed by atoms with Gasteiger partial charge in [-0.15, -0.1) is 0 Å². The van der Waals surface area contributed by atoms with Gasteiger partial charge >= 0.3 is 0 Å². The van der Waals surface area contributed by atoms with Crippen molar-refractivity contribution in [3.63, 3.8) is 0 Å². The summed E-state index contributed by atoms with van der Waals surface area (Å²) in [6.07, 6.45) is 0. The second-order valence-corrected chi connectivity index (χ2v) is 7.31. The summed E-state index contributed by atoms with van der Waals surface area (Å²) in [5, 5.41) is 12.4. The third-order valence-corrected chi connectivity index (χ3v) is 5.15. The van der Waals surface area contributed by atoms with Crippen molar-refractivity contribution >= 4 is 16.7 Å². The average molecular weight is 370 g/mol. The van der Waals surface area contributed by atoms with Crippen LogP contribution in [0.2, 0.25) is 0 Å². The van der Waals surface area contributed by atoms with Gasteiger partial charge in [0, 0.05) is 52.4 Å². The molecule has 0 unspecified atom stereocenters. The van der Waals surface area contributed by atoms with Gasteiger partial charge in [-0.05, 0) is 29.3 Å². The van der Waals surface area contributed by atoms with Crippen LogP contribution in [0.15, 0.2) is 42.5 Å². The van der Waals surface area contributed by atoms with Gasteiger partial charge in [-0.25, -0.2) is 0 Å². The molecule has 0 radical (unpaired) electrons. The first-order valence-corrected chi connectivity index (χ1v) is 9.79. The highest BCUT2D eigenvalue weighted by atomic mass is 16.2. The lowest BCUT2D eigenvalue weighted by Crippen LogP contribution is -2.54. The van der Waals surface area contributed by atoms with Crippen molar-refractivity contribution in [2.24, 2.45) is 5.73 Å². The van der Waals surface area contributed by atoms with Gasteiger partial charge < -0.3 is 26.6 Å². The second kappa shape index (κ2) is 9.28. The smallest absolute Gasteiger partial charge is 0.247 e. The first-order chi connectivity index (χ1) is 13.1. The Bertz CT molecular complexity index is 749. The van der Waals surface area contributed by atoms with E-state index in [1.165, 1.54) is 0 Å². The fourth-order valence-electron chi connectivity index (χ4n) is 3.44. The maximum Gasteiger partial charge on any atom is 0.247 e. The second-order valence-electron chi connectivity index (χ2n) is 7.31. The van der Waals surface area contributed by atoms with E-state index in [1.54, 1.807) is 0 Å². The van der Waals surface area contributed by atoms with Crippen LogP contribution in [0.1, 0.15) is 12.5 Å². The monoisotopic (exact) mass is 369 g/mol. The van der Waals surface area contributed by atoms with E-state index in [1.807, 2.05) is 42.2 Å². The molecule has 27 heavy (non-hydrogen) atoms. The first kappa shape index (κ1) is 19.8. The summed E-state index contributed by atoms with van der Waals surface area (Å²) in [6.45, 7) is 8.31. The van der Waals surface area contributed by atoms with Crippen molar-refractivity contribution in [1.82, 2.24) is 20.9 Å². The van der Waals surface area contributed by atoms with E-state index in [-0.39, 0.29) is 5.91 Å². The van der Waals surface area contributed by atoms with Crippen molar-refractivity contribution in [3.8, 4) is 0 Å². The number of nitrogens with two attached hydrogens (primary N) is 1. The van der Waals surface area contributed by atoms with E-state index in [0.717, 1.165) is 55.6 Å². The van der Waals surface area contributed by atoms with Crippen LogP contribution >= 0.6 is 0 Å². The summed E-state index contributed by atoms with van der Waals surface area (Å²) in [5.74, 6) is -0.0310. The molecule has 1 fully saturated rings. The number of carbonyl (C=O) groups is 1. The van der Waals surface area contributed by atoms with Crippen LogP contribution < -0.4 is 21.7 Å². The molecule has 6 heteroatoms. The van der Waals surface area contributed by atoms with E-state index in [2.05, 4.69) is 28.1 Å². The van der Waals surface area contributed by atoms with Gasteiger partial charge in [0.15, 0.2) is 0 Å². The summed E-state index contributed by atoms with van der Waals surface area (Å²) in [5.41, 5.74) is 6.37. The van der Waals surface area contributed by atoms with Crippen molar-refractivity contribution in [2.75, 3.05) is 52.4 Å². The first-order valence-electron chi connectivity index (χ1n) is 9.79. The largest absolute Gasteiger partial charge is 0.338 e. The van der Waals surface area contributed by atoms with Crippen LogP contribution in [0.4, 0.5) is 0 Å². The molecule has 5 N–H and O–H groups in total.